The van der Waals surface area contributed by atoms with Crippen molar-refractivity contribution >= 4 is 29.5 Å². The Morgan fingerprint density at radius 2 is 1.66 bits per heavy atom. The molecule has 1 aromatic heterocycles. The van der Waals surface area contributed by atoms with E-state index in [9.17, 15) is 9.59 Å². The summed E-state index contributed by atoms with van der Waals surface area (Å²) in [6.07, 6.45) is 3.43. The molecule has 0 atom stereocenters. The summed E-state index contributed by atoms with van der Waals surface area (Å²) in [5, 5.41) is 5.34. The fourth-order valence-electron chi connectivity index (χ4n) is 4.20. The van der Waals surface area contributed by atoms with Gasteiger partial charge in [0.1, 0.15) is 5.75 Å². The summed E-state index contributed by atoms with van der Waals surface area (Å²) in [5.41, 5.74) is 4.37. The smallest absolute Gasteiger partial charge is 0.253 e. The average molecular weight is 493 g/mol. The lowest BCUT2D eigenvalue weighted by Gasteiger charge is -2.34. The maximum atomic E-state index is 12.8. The van der Waals surface area contributed by atoms with Crippen LogP contribution in [0.4, 0.5) is 0 Å². The molecule has 1 aliphatic heterocycles. The van der Waals surface area contributed by atoms with Gasteiger partial charge in [0.2, 0.25) is 5.91 Å². The first-order chi connectivity index (χ1) is 16.9. The normalized spacial score (nSPS) is 13.9. The van der Waals surface area contributed by atoms with Gasteiger partial charge in [0, 0.05) is 54.1 Å². The average Bonchev–Trinajstić information content (AvgIpc) is 3.15. The van der Waals surface area contributed by atoms with Crippen molar-refractivity contribution in [2.45, 2.75) is 20.4 Å². The fourth-order valence-corrected chi connectivity index (χ4v) is 4.40. The van der Waals surface area contributed by atoms with E-state index in [1.807, 2.05) is 48.9 Å². The summed E-state index contributed by atoms with van der Waals surface area (Å²) in [6.45, 7) is 6.48. The molecular formula is C27H29ClN4O3. The minimum absolute atomic E-state index is 0.0347. The van der Waals surface area contributed by atoms with Crippen molar-refractivity contribution in [1.82, 2.24) is 19.6 Å². The van der Waals surface area contributed by atoms with E-state index in [4.69, 9.17) is 16.3 Å². The van der Waals surface area contributed by atoms with E-state index in [0.29, 0.717) is 49.1 Å². The Hall–Kier alpha value is -3.58. The Morgan fingerprint density at radius 3 is 2.31 bits per heavy atom. The lowest BCUT2D eigenvalue weighted by molar-refractivity contribution is -0.127. The topological polar surface area (TPSA) is 67.7 Å². The molecule has 1 aliphatic rings. The maximum Gasteiger partial charge on any atom is 0.253 e. The largest absolute Gasteiger partial charge is 0.497 e. The highest BCUT2D eigenvalue weighted by Crippen LogP contribution is 2.21. The van der Waals surface area contributed by atoms with Crippen LogP contribution in [0.3, 0.4) is 0 Å². The van der Waals surface area contributed by atoms with Crippen molar-refractivity contribution in [2.24, 2.45) is 0 Å². The van der Waals surface area contributed by atoms with Crippen LogP contribution in [0.15, 0.2) is 54.6 Å². The van der Waals surface area contributed by atoms with Crippen LogP contribution in [-0.2, 0) is 11.3 Å². The third-order valence-corrected chi connectivity index (χ3v) is 6.69. The van der Waals surface area contributed by atoms with E-state index >= 15 is 0 Å². The monoisotopic (exact) mass is 492 g/mol. The van der Waals surface area contributed by atoms with Crippen molar-refractivity contribution in [2.75, 3.05) is 33.3 Å². The van der Waals surface area contributed by atoms with Gasteiger partial charge < -0.3 is 14.5 Å². The molecule has 2 aromatic carbocycles. The molecule has 3 aromatic rings. The van der Waals surface area contributed by atoms with Gasteiger partial charge in [0.05, 0.1) is 19.3 Å². The number of hydrogen-bond donors (Lipinski definition) is 0. The van der Waals surface area contributed by atoms with Crippen molar-refractivity contribution in [3.8, 4) is 5.75 Å². The Balaban J connectivity index is 1.36. The van der Waals surface area contributed by atoms with Crippen LogP contribution in [0.2, 0.25) is 5.02 Å². The zero-order valence-corrected chi connectivity index (χ0v) is 21.0. The summed E-state index contributed by atoms with van der Waals surface area (Å²) in [7, 11) is 1.59. The van der Waals surface area contributed by atoms with E-state index in [2.05, 4.69) is 5.10 Å². The van der Waals surface area contributed by atoms with E-state index in [0.717, 1.165) is 22.5 Å². The molecule has 0 radical (unpaired) electrons. The number of nitrogens with zero attached hydrogens (tertiary/aromatic N) is 4. The van der Waals surface area contributed by atoms with Crippen LogP contribution in [0.1, 0.15) is 32.9 Å². The SMILES string of the molecule is COc1ccc(C(=O)N2CCN(C(=O)/C=C/c3c(C)nn(Cc4ccccc4Cl)c3C)CC2)cc1. The molecule has 7 nitrogen and oxygen atoms in total. The Morgan fingerprint density at radius 1 is 1.00 bits per heavy atom. The van der Waals surface area contributed by atoms with Gasteiger partial charge in [-0.1, -0.05) is 29.8 Å². The molecular weight excluding hydrogens is 464 g/mol. The van der Waals surface area contributed by atoms with Crippen LogP contribution in [0.5, 0.6) is 5.75 Å². The molecule has 0 spiro atoms. The Labute approximate surface area is 210 Å². The third-order valence-electron chi connectivity index (χ3n) is 6.32. The number of halogens is 1. The first kappa shape index (κ1) is 24.5. The van der Waals surface area contributed by atoms with E-state index in [1.54, 1.807) is 47.3 Å². The van der Waals surface area contributed by atoms with E-state index in [-0.39, 0.29) is 11.8 Å². The molecule has 0 unspecified atom stereocenters. The number of carbonyl (C=O) groups is 2. The van der Waals surface area contributed by atoms with Crippen LogP contribution < -0.4 is 4.74 Å². The maximum absolute atomic E-state index is 12.8. The van der Waals surface area contributed by atoms with Gasteiger partial charge >= 0.3 is 0 Å². The Bertz CT molecular complexity index is 1240. The number of aryl methyl sites for hydroxylation is 1. The van der Waals surface area contributed by atoms with Crippen LogP contribution >= 0.6 is 11.6 Å². The molecule has 1 fully saturated rings. The molecule has 4 rings (SSSR count). The molecule has 35 heavy (non-hydrogen) atoms. The van der Waals surface area contributed by atoms with Crippen molar-refractivity contribution in [3.05, 3.63) is 87.7 Å². The van der Waals surface area contributed by atoms with Gasteiger partial charge in [-0.3, -0.25) is 14.3 Å². The Kier molecular flexibility index (Phi) is 7.56. The summed E-state index contributed by atoms with van der Waals surface area (Å²) in [6, 6.07) is 14.8. The van der Waals surface area contributed by atoms with Gasteiger partial charge in [-0.25, -0.2) is 0 Å². The van der Waals surface area contributed by atoms with Crippen molar-refractivity contribution < 1.29 is 14.3 Å². The summed E-state index contributed by atoms with van der Waals surface area (Å²) >= 11 is 6.30. The minimum atomic E-state index is -0.0702. The molecule has 0 aliphatic carbocycles. The second-order valence-corrected chi connectivity index (χ2v) is 8.92. The van der Waals surface area contributed by atoms with Crippen LogP contribution in [-0.4, -0.2) is 64.7 Å². The predicted octanol–water partition coefficient (Wildman–Crippen LogP) is 4.21. The highest BCUT2D eigenvalue weighted by atomic mass is 35.5. The summed E-state index contributed by atoms with van der Waals surface area (Å²) in [5.74, 6) is 0.607. The first-order valence-corrected chi connectivity index (χ1v) is 11.9. The third kappa shape index (κ3) is 5.57. The first-order valence-electron chi connectivity index (χ1n) is 11.5. The second kappa shape index (κ2) is 10.8. The molecule has 0 N–H and O–H groups in total. The summed E-state index contributed by atoms with van der Waals surface area (Å²) < 4.78 is 7.06. The quantitative estimate of drug-likeness (QED) is 0.483. The number of amides is 2. The summed E-state index contributed by atoms with van der Waals surface area (Å²) in [4.78, 5) is 29.1. The van der Waals surface area contributed by atoms with Gasteiger partial charge in [0.25, 0.3) is 5.91 Å². The van der Waals surface area contributed by atoms with Crippen LogP contribution in [0, 0.1) is 13.8 Å². The van der Waals surface area contributed by atoms with Crippen molar-refractivity contribution in [1.29, 1.82) is 0 Å². The van der Waals surface area contributed by atoms with E-state index < -0.39 is 0 Å². The number of carbonyl (C=O) groups excluding carboxylic acids is 2. The number of piperazine rings is 1. The number of ether oxygens (including phenoxy) is 1. The number of methoxy groups -OCH3 is 1. The van der Waals surface area contributed by atoms with Gasteiger partial charge in [-0.2, -0.15) is 5.10 Å². The number of rotatable bonds is 6. The predicted molar refractivity (Wildman–Crippen MR) is 137 cm³/mol. The van der Waals surface area contributed by atoms with Gasteiger partial charge in [0.15, 0.2) is 0 Å². The molecule has 0 bridgehead atoms. The standard InChI is InChI=1S/C27H29ClN4O3/c1-19-24(20(2)32(29-19)18-22-6-4-5-7-25(22)28)12-13-26(33)30-14-16-31(17-15-30)27(34)21-8-10-23(35-3)11-9-21/h4-13H,14-18H2,1-3H3/b13-12+. The number of hydrogen-bond acceptors (Lipinski definition) is 4. The molecule has 182 valence electrons. The lowest BCUT2D eigenvalue weighted by atomic mass is 10.1. The molecule has 8 heteroatoms. The van der Waals surface area contributed by atoms with Gasteiger partial charge in [-0.05, 0) is 55.8 Å². The molecule has 0 saturated carbocycles. The van der Waals surface area contributed by atoms with E-state index in [1.165, 1.54) is 0 Å². The minimum Gasteiger partial charge on any atom is -0.497 e. The fraction of sp³-hybridized carbons (Fsp3) is 0.296. The number of benzene rings is 2. The highest BCUT2D eigenvalue weighted by Gasteiger charge is 2.24. The lowest BCUT2D eigenvalue weighted by Crippen LogP contribution is -2.50. The zero-order chi connectivity index (χ0) is 24.9. The second-order valence-electron chi connectivity index (χ2n) is 8.51. The van der Waals surface area contributed by atoms with Gasteiger partial charge in [-0.15, -0.1) is 0 Å². The van der Waals surface area contributed by atoms with Crippen LogP contribution in [0.25, 0.3) is 6.08 Å². The molecule has 2 amide bonds. The molecule has 1 saturated heterocycles. The van der Waals surface area contributed by atoms with Crippen molar-refractivity contribution in [3.63, 3.8) is 0 Å². The zero-order valence-electron chi connectivity index (χ0n) is 20.2. The molecule has 2 heterocycles. The highest BCUT2D eigenvalue weighted by molar-refractivity contribution is 6.31. The number of aromatic nitrogens is 2.